The zero-order chi connectivity index (χ0) is 18.2. The highest BCUT2D eigenvalue weighted by Crippen LogP contribution is 2.25. The third kappa shape index (κ3) is 5.35. The minimum absolute atomic E-state index is 0.123. The van der Waals surface area contributed by atoms with Gasteiger partial charge in [0.2, 0.25) is 5.91 Å². The van der Waals surface area contributed by atoms with Gasteiger partial charge in [0.05, 0.1) is 0 Å². The van der Waals surface area contributed by atoms with E-state index in [1.165, 1.54) is 12.1 Å². The van der Waals surface area contributed by atoms with Gasteiger partial charge in [-0.3, -0.25) is 4.79 Å². The van der Waals surface area contributed by atoms with Gasteiger partial charge in [-0.2, -0.15) is 0 Å². The van der Waals surface area contributed by atoms with Crippen LogP contribution in [0.25, 0.3) is 0 Å². The van der Waals surface area contributed by atoms with Gasteiger partial charge in [0.25, 0.3) is 0 Å². The Labute approximate surface area is 147 Å². The van der Waals surface area contributed by atoms with Crippen LogP contribution in [0.15, 0.2) is 54.6 Å². The van der Waals surface area contributed by atoms with E-state index in [1.807, 2.05) is 37.3 Å². The van der Waals surface area contributed by atoms with Crippen molar-refractivity contribution in [2.45, 2.75) is 38.1 Å². The molecule has 132 valence electrons. The number of carboxylic acid groups (broad SMARTS) is 1. The molecular weight excluding hydrogens is 318 g/mol. The van der Waals surface area contributed by atoms with Crippen LogP contribution in [-0.2, 0) is 16.0 Å². The Morgan fingerprint density at radius 2 is 1.68 bits per heavy atom. The smallest absolute Gasteiger partial charge is 0.326 e. The minimum atomic E-state index is -1.06. The van der Waals surface area contributed by atoms with E-state index in [9.17, 15) is 19.8 Å². The molecule has 0 aromatic heterocycles. The van der Waals surface area contributed by atoms with E-state index < -0.39 is 12.0 Å². The molecule has 0 fully saturated rings. The number of aliphatic carboxylic acids is 1. The van der Waals surface area contributed by atoms with Gasteiger partial charge in [-0.15, -0.1) is 0 Å². The number of hydrogen-bond donors (Lipinski definition) is 3. The standard InChI is InChI=1S/C20H23NO4/c1-2-17(15-9-11-16(22)12-10-15)19(20(24)25)21-18(23)13-8-14-6-4-3-5-7-14/h3-7,9-12,17,19,22H,2,8,13H2,1H3,(H,21,23)(H,24,25). The van der Waals surface area contributed by atoms with Gasteiger partial charge in [0.1, 0.15) is 11.8 Å². The van der Waals surface area contributed by atoms with E-state index in [0.29, 0.717) is 12.8 Å². The van der Waals surface area contributed by atoms with Crippen molar-refractivity contribution in [3.63, 3.8) is 0 Å². The van der Waals surface area contributed by atoms with Gasteiger partial charge in [-0.1, -0.05) is 49.4 Å². The van der Waals surface area contributed by atoms with Crippen molar-refractivity contribution in [3.8, 4) is 5.75 Å². The van der Waals surface area contributed by atoms with E-state index in [2.05, 4.69) is 5.32 Å². The van der Waals surface area contributed by atoms with Crippen LogP contribution in [0.4, 0.5) is 0 Å². The fourth-order valence-corrected chi connectivity index (χ4v) is 2.87. The highest BCUT2D eigenvalue weighted by molar-refractivity contribution is 5.84. The number of aromatic hydroxyl groups is 1. The molecule has 0 aliphatic carbocycles. The first-order valence-electron chi connectivity index (χ1n) is 8.36. The molecule has 2 atom stereocenters. The number of benzene rings is 2. The lowest BCUT2D eigenvalue weighted by atomic mass is 9.89. The van der Waals surface area contributed by atoms with E-state index in [0.717, 1.165) is 11.1 Å². The van der Waals surface area contributed by atoms with Crippen LogP contribution in [0.1, 0.15) is 36.8 Å². The molecule has 2 unspecified atom stereocenters. The number of nitrogens with one attached hydrogen (secondary N) is 1. The first-order chi connectivity index (χ1) is 12.0. The highest BCUT2D eigenvalue weighted by Gasteiger charge is 2.29. The number of rotatable bonds is 8. The van der Waals surface area contributed by atoms with Crippen LogP contribution < -0.4 is 5.32 Å². The van der Waals surface area contributed by atoms with Gasteiger partial charge in [0, 0.05) is 12.3 Å². The molecule has 3 N–H and O–H groups in total. The van der Waals surface area contributed by atoms with Crippen LogP contribution in [0.3, 0.4) is 0 Å². The zero-order valence-electron chi connectivity index (χ0n) is 14.2. The molecule has 2 aromatic carbocycles. The molecule has 0 radical (unpaired) electrons. The third-order valence-electron chi connectivity index (χ3n) is 4.23. The first-order valence-corrected chi connectivity index (χ1v) is 8.36. The van der Waals surface area contributed by atoms with Crippen molar-refractivity contribution in [3.05, 3.63) is 65.7 Å². The lowest BCUT2D eigenvalue weighted by molar-refractivity contribution is -0.142. The molecule has 0 aliphatic rings. The van der Waals surface area contributed by atoms with Gasteiger partial charge < -0.3 is 15.5 Å². The van der Waals surface area contributed by atoms with Gasteiger partial charge in [0.15, 0.2) is 0 Å². The molecular formula is C20H23NO4. The largest absolute Gasteiger partial charge is 0.508 e. The molecule has 0 heterocycles. The average Bonchev–Trinajstić information content (AvgIpc) is 2.62. The summed E-state index contributed by atoms with van der Waals surface area (Å²) in [6, 6.07) is 15.0. The quantitative estimate of drug-likeness (QED) is 0.689. The number of phenolic OH excluding ortho intramolecular Hbond substituents is 1. The van der Waals surface area contributed by atoms with E-state index in [-0.39, 0.29) is 24.0 Å². The summed E-state index contributed by atoms with van der Waals surface area (Å²) in [5.74, 6) is -1.59. The number of amides is 1. The van der Waals surface area contributed by atoms with Gasteiger partial charge in [-0.05, 0) is 36.1 Å². The van der Waals surface area contributed by atoms with Crippen molar-refractivity contribution < 1.29 is 19.8 Å². The van der Waals surface area contributed by atoms with Gasteiger partial charge in [-0.25, -0.2) is 4.79 Å². The highest BCUT2D eigenvalue weighted by atomic mass is 16.4. The Hall–Kier alpha value is -2.82. The molecule has 5 heteroatoms. The Balaban J connectivity index is 2.04. The van der Waals surface area contributed by atoms with Crippen molar-refractivity contribution in [2.75, 3.05) is 0 Å². The van der Waals surface area contributed by atoms with Crippen LogP contribution >= 0.6 is 0 Å². The normalized spacial score (nSPS) is 13.0. The Kier molecular flexibility index (Phi) is 6.57. The molecule has 2 aromatic rings. The fraction of sp³-hybridized carbons (Fsp3) is 0.300. The van der Waals surface area contributed by atoms with Crippen molar-refractivity contribution in [2.24, 2.45) is 0 Å². The van der Waals surface area contributed by atoms with Crippen molar-refractivity contribution >= 4 is 11.9 Å². The summed E-state index contributed by atoms with van der Waals surface area (Å²) in [6.45, 7) is 1.88. The number of carboxylic acids is 1. The maximum atomic E-state index is 12.2. The Morgan fingerprint density at radius 1 is 1.04 bits per heavy atom. The fourth-order valence-electron chi connectivity index (χ4n) is 2.87. The molecule has 5 nitrogen and oxygen atoms in total. The van der Waals surface area contributed by atoms with Crippen LogP contribution in [-0.4, -0.2) is 28.1 Å². The van der Waals surface area contributed by atoms with E-state index >= 15 is 0 Å². The Morgan fingerprint density at radius 3 is 2.24 bits per heavy atom. The Bertz CT molecular complexity index is 697. The summed E-state index contributed by atoms with van der Waals surface area (Å²) in [5.41, 5.74) is 1.81. The summed E-state index contributed by atoms with van der Waals surface area (Å²) < 4.78 is 0. The monoisotopic (exact) mass is 341 g/mol. The molecule has 0 bridgehead atoms. The van der Waals surface area contributed by atoms with Crippen molar-refractivity contribution in [1.29, 1.82) is 0 Å². The third-order valence-corrected chi connectivity index (χ3v) is 4.23. The minimum Gasteiger partial charge on any atom is -0.508 e. The number of aryl methyl sites for hydroxylation is 1. The lowest BCUT2D eigenvalue weighted by Gasteiger charge is -2.24. The summed E-state index contributed by atoms with van der Waals surface area (Å²) in [5, 5.41) is 21.6. The second-order valence-electron chi connectivity index (χ2n) is 5.98. The van der Waals surface area contributed by atoms with E-state index in [1.54, 1.807) is 12.1 Å². The topological polar surface area (TPSA) is 86.6 Å². The van der Waals surface area contributed by atoms with Crippen LogP contribution in [0.5, 0.6) is 5.75 Å². The predicted molar refractivity (Wildman–Crippen MR) is 95.5 cm³/mol. The van der Waals surface area contributed by atoms with Crippen LogP contribution in [0, 0.1) is 0 Å². The lowest BCUT2D eigenvalue weighted by Crippen LogP contribution is -2.45. The summed E-state index contributed by atoms with van der Waals surface area (Å²) >= 11 is 0. The SMILES string of the molecule is CCC(c1ccc(O)cc1)C(NC(=O)CCc1ccccc1)C(=O)O. The number of carbonyl (C=O) groups excluding carboxylic acids is 1. The summed E-state index contributed by atoms with van der Waals surface area (Å²) in [6.07, 6.45) is 1.36. The number of hydrogen-bond acceptors (Lipinski definition) is 3. The molecule has 2 rings (SSSR count). The summed E-state index contributed by atoms with van der Waals surface area (Å²) in [7, 11) is 0. The first kappa shape index (κ1) is 18.5. The summed E-state index contributed by atoms with van der Waals surface area (Å²) in [4.78, 5) is 23.9. The zero-order valence-corrected chi connectivity index (χ0v) is 14.2. The second-order valence-corrected chi connectivity index (χ2v) is 5.98. The molecule has 1 amide bonds. The van der Waals surface area contributed by atoms with Crippen molar-refractivity contribution in [1.82, 2.24) is 5.32 Å². The average molecular weight is 341 g/mol. The molecule has 0 saturated heterocycles. The number of phenols is 1. The number of carbonyl (C=O) groups is 2. The van der Waals surface area contributed by atoms with E-state index in [4.69, 9.17) is 0 Å². The maximum Gasteiger partial charge on any atom is 0.326 e. The van der Waals surface area contributed by atoms with Gasteiger partial charge >= 0.3 is 5.97 Å². The molecule has 0 spiro atoms. The second kappa shape index (κ2) is 8.87. The van der Waals surface area contributed by atoms with Crippen LogP contribution in [0.2, 0.25) is 0 Å². The molecule has 0 saturated carbocycles. The molecule has 25 heavy (non-hydrogen) atoms. The maximum absolute atomic E-state index is 12.2. The predicted octanol–water partition coefficient (Wildman–Crippen LogP) is 3.09. The molecule has 0 aliphatic heterocycles.